The van der Waals surface area contributed by atoms with E-state index in [0.29, 0.717) is 32.1 Å². The molecule has 3 unspecified atom stereocenters. The van der Waals surface area contributed by atoms with E-state index in [-0.39, 0.29) is 25.8 Å². The van der Waals surface area contributed by atoms with Gasteiger partial charge in [0.05, 0.1) is 12.5 Å². The number of hydrogen-bond donors (Lipinski definition) is 2. The summed E-state index contributed by atoms with van der Waals surface area (Å²) in [4.78, 5) is 37.6. The Kier molecular flexibility index (Phi) is 25.3. The minimum absolute atomic E-state index is 0.190. The van der Waals surface area contributed by atoms with Crippen LogP contribution in [0.3, 0.4) is 0 Å². The van der Waals surface area contributed by atoms with Crippen LogP contribution in [-0.2, 0) is 14.4 Å². The molecular formula is C36H67NO6. The number of carboxylic acids is 3. The molecule has 0 fully saturated rings. The molecule has 0 rings (SSSR count). The molecule has 0 radical (unpaired) electrons. The Morgan fingerprint density at radius 2 is 0.884 bits per heavy atom. The second kappa shape index (κ2) is 26.5. The lowest BCUT2D eigenvalue weighted by atomic mass is 9.91. The zero-order valence-corrected chi connectivity index (χ0v) is 28.3. The molecule has 0 amide bonds. The zero-order valence-electron chi connectivity index (χ0n) is 28.3. The summed E-state index contributed by atoms with van der Waals surface area (Å²) in [6.07, 6.45) is 27.3. The van der Waals surface area contributed by atoms with Crippen molar-refractivity contribution in [2.45, 2.75) is 193 Å². The normalized spacial score (nSPS) is 15.3. The Balaban J connectivity index is 4.89. The van der Waals surface area contributed by atoms with Gasteiger partial charge in [0, 0.05) is 25.7 Å². The van der Waals surface area contributed by atoms with Crippen LogP contribution in [0.25, 0.3) is 0 Å². The smallest absolute Gasteiger partial charge is 0.362 e. The van der Waals surface area contributed by atoms with Crippen LogP contribution < -0.4 is 5.11 Å². The molecule has 0 aromatic rings. The first-order chi connectivity index (χ1) is 20.7. The van der Waals surface area contributed by atoms with E-state index in [0.717, 1.165) is 12.8 Å². The molecule has 7 nitrogen and oxygen atoms in total. The van der Waals surface area contributed by atoms with Crippen molar-refractivity contribution < 1.29 is 34.2 Å². The number of quaternary nitrogens is 1. The Hall–Kier alpha value is -1.89. The van der Waals surface area contributed by atoms with Gasteiger partial charge in [0.15, 0.2) is 12.1 Å². The molecule has 0 aliphatic heterocycles. The zero-order chi connectivity index (χ0) is 32.3. The highest BCUT2D eigenvalue weighted by atomic mass is 16.4. The monoisotopic (exact) mass is 609 g/mol. The first kappa shape index (κ1) is 41.1. The van der Waals surface area contributed by atoms with Crippen molar-refractivity contribution in [2.24, 2.45) is 0 Å². The van der Waals surface area contributed by atoms with Crippen LogP contribution in [0.1, 0.15) is 175 Å². The molecule has 0 saturated carbocycles. The number of carbonyl (C=O) groups is 3. The predicted octanol–water partition coefficient (Wildman–Crippen LogP) is 8.44. The largest absolute Gasteiger partial charge is 0.544 e. The molecule has 43 heavy (non-hydrogen) atoms. The molecule has 0 aliphatic carbocycles. The molecule has 0 heterocycles. The fourth-order valence-electron chi connectivity index (χ4n) is 6.81. The van der Waals surface area contributed by atoms with Crippen molar-refractivity contribution in [3.05, 3.63) is 12.2 Å². The lowest BCUT2D eigenvalue weighted by Crippen LogP contribution is -2.74. The molecule has 252 valence electrons. The van der Waals surface area contributed by atoms with Gasteiger partial charge in [-0.1, -0.05) is 130 Å². The molecule has 0 saturated heterocycles. The summed E-state index contributed by atoms with van der Waals surface area (Å²) < 4.78 is -0.463. The molecular weight excluding hydrogens is 542 g/mol. The molecule has 0 spiro atoms. The second-order valence-electron chi connectivity index (χ2n) is 12.6. The van der Waals surface area contributed by atoms with E-state index < -0.39 is 40.5 Å². The summed E-state index contributed by atoms with van der Waals surface area (Å²) in [5.41, 5.74) is 0. The number of carboxylic acid groups (broad SMARTS) is 3. The van der Waals surface area contributed by atoms with E-state index in [9.17, 15) is 29.7 Å². The Morgan fingerprint density at radius 1 is 0.535 bits per heavy atom. The van der Waals surface area contributed by atoms with Crippen LogP contribution in [0, 0.1) is 0 Å². The average molecular weight is 610 g/mol. The summed E-state index contributed by atoms with van der Waals surface area (Å²) in [7, 11) is 0. The molecule has 3 atom stereocenters. The van der Waals surface area contributed by atoms with Crippen molar-refractivity contribution in [3.63, 3.8) is 0 Å². The summed E-state index contributed by atoms with van der Waals surface area (Å²) in [6.45, 7) is 8.01. The Morgan fingerprint density at radius 3 is 1.23 bits per heavy atom. The van der Waals surface area contributed by atoms with Gasteiger partial charge in [-0.2, -0.15) is 0 Å². The van der Waals surface area contributed by atoms with E-state index in [1.54, 1.807) is 0 Å². The van der Waals surface area contributed by atoms with Crippen molar-refractivity contribution >= 4 is 17.9 Å². The van der Waals surface area contributed by atoms with Gasteiger partial charge in [0.25, 0.3) is 0 Å². The topological polar surface area (TPSA) is 115 Å². The standard InChI is InChI=1S/C36H67NO6/c1-5-9-10-11-12-13-14-15-16-17-18-19-20-21-22-23-24-25-26-30-37(31(27-6-2)34(38)39,32(28-7-3)35(40)41)33(29-8-4)36(42)43/h23-24,31-33H,5-22,25-30H2,1-4H3,(H2-,38,39,40,41,42,43)/b24-23+. The second-order valence-corrected chi connectivity index (χ2v) is 12.6. The maximum atomic E-state index is 12.6. The molecule has 7 heteroatoms. The van der Waals surface area contributed by atoms with Gasteiger partial charge in [-0.3, -0.25) is 4.48 Å². The average Bonchev–Trinajstić information content (AvgIpc) is 2.97. The highest BCUT2D eigenvalue weighted by molar-refractivity contribution is 5.77. The van der Waals surface area contributed by atoms with Crippen LogP contribution in [-0.4, -0.2) is 57.3 Å². The third kappa shape index (κ3) is 16.7. The summed E-state index contributed by atoms with van der Waals surface area (Å²) in [5.74, 6) is -3.60. The van der Waals surface area contributed by atoms with Crippen LogP contribution in [0.2, 0.25) is 0 Å². The minimum atomic E-state index is -1.35. The molecule has 0 aliphatic rings. The number of allylic oxidation sites excluding steroid dienone is 2. The first-order valence-corrected chi connectivity index (χ1v) is 17.9. The van der Waals surface area contributed by atoms with Crippen molar-refractivity contribution in [2.75, 3.05) is 6.54 Å². The number of hydrogen-bond acceptors (Lipinski definition) is 4. The van der Waals surface area contributed by atoms with Crippen LogP contribution in [0.4, 0.5) is 0 Å². The van der Waals surface area contributed by atoms with E-state index in [2.05, 4.69) is 19.1 Å². The summed E-state index contributed by atoms with van der Waals surface area (Å²) in [6, 6.07) is -3.39. The van der Waals surface area contributed by atoms with Crippen molar-refractivity contribution in [1.82, 2.24) is 0 Å². The third-order valence-corrected chi connectivity index (χ3v) is 9.08. The quantitative estimate of drug-likeness (QED) is 0.0463. The van der Waals surface area contributed by atoms with Gasteiger partial charge < -0.3 is 20.1 Å². The number of unbranched alkanes of at least 4 members (excludes halogenated alkanes) is 15. The number of nitrogens with zero attached hydrogens (tertiary/aromatic N) is 1. The van der Waals surface area contributed by atoms with Crippen LogP contribution in [0.15, 0.2) is 12.2 Å². The highest BCUT2D eigenvalue weighted by Gasteiger charge is 2.54. The Labute approximate surface area is 264 Å². The number of aliphatic carboxylic acids is 3. The Bertz CT molecular complexity index is 692. The highest BCUT2D eigenvalue weighted by Crippen LogP contribution is 2.34. The van der Waals surface area contributed by atoms with Gasteiger partial charge in [-0.25, -0.2) is 9.59 Å². The van der Waals surface area contributed by atoms with Crippen molar-refractivity contribution in [3.8, 4) is 0 Å². The van der Waals surface area contributed by atoms with Gasteiger partial charge in [-0.05, 0) is 32.1 Å². The lowest BCUT2D eigenvalue weighted by molar-refractivity contribution is -0.975. The van der Waals surface area contributed by atoms with Crippen molar-refractivity contribution in [1.29, 1.82) is 0 Å². The predicted molar refractivity (Wildman–Crippen MR) is 175 cm³/mol. The minimum Gasteiger partial charge on any atom is -0.544 e. The van der Waals surface area contributed by atoms with E-state index in [1.165, 1.54) is 83.5 Å². The molecule has 0 aromatic carbocycles. The van der Waals surface area contributed by atoms with E-state index in [4.69, 9.17) is 0 Å². The summed E-state index contributed by atoms with van der Waals surface area (Å²) >= 11 is 0. The first-order valence-electron chi connectivity index (χ1n) is 17.9. The molecule has 0 bridgehead atoms. The number of carbonyl (C=O) groups excluding carboxylic acids is 1. The van der Waals surface area contributed by atoms with Crippen LogP contribution >= 0.6 is 0 Å². The van der Waals surface area contributed by atoms with E-state index in [1.807, 2.05) is 20.8 Å². The number of rotatable bonds is 31. The van der Waals surface area contributed by atoms with Gasteiger partial charge in [-0.15, -0.1) is 0 Å². The molecule has 0 aromatic heterocycles. The fourth-order valence-corrected chi connectivity index (χ4v) is 6.81. The van der Waals surface area contributed by atoms with Gasteiger partial charge in [0.1, 0.15) is 6.04 Å². The SMILES string of the molecule is CCCCCCCCCCCCCCCC/C=C/CCC[N+](C(CCC)C(=O)[O-])(C(CCC)C(=O)O)C(CCC)C(=O)O. The van der Waals surface area contributed by atoms with Gasteiger partial charge >= 0.3 is 11.9 Å². The fraction of sp³-hybridized carbons (Fsp3) is 0.861. The van der Waals surface area contributed by atoms with Crippen LogP contribution in [0.5, 0.6) is 0 Å². The lowest BCUT2D eigenvalue weighted by Gasteiger charge is -2.52. The third-order valence-electron chi connectivity index (χ3n) is 9.08. The maximum Gasteiger partial charge on any atom is 0.362 e. The summed E-state index contributed by atoms with van der Waals surface area (Å²) in [5, 5.41) is 33.0. The van der Waals surface area contributed by atoms with Gasteiger partial charge in [0.2, 0.25) is 0 Å². The van der Waals surface area contributed by atoms with E-state index >= 15 is 0 Å². The molecule has 2 N–H and O–H groups in total. The maximum absolute atomic E-state index is 12.6.